The second kappa shape index (κ2) is 9.78. The Morgan fingerprint density at radius 2 is 1.78 bits per heavy atom. The van der Waals surface area contributed by atoms with Crippen molar-refractivity contribution in [3.63, 3.8) is 0 Å². The summed E-state index contributed by atoms with van der Waals surface area (Å²) in [7, 11) is 0. The van der Waals surface area contributed by atoms with E-state index in [1.807, 2.05) is 54.0 Å². The molecule has 0 bridgehead atoms. The summed E-state index contributed by atoms with van der Waals surface area (Å²) in [5.74, 6) is 0.852. The Balaban J connectivity index is 1.56. The Labute approximate surface area is 192 Å². The average Bonchev–Trinajstić information content (AvgIpc) is 3.21. The Kier molecular flexibility index (Phi) is 6.66. The average molecular weight is 444 g/mol. The number of carbonyl (C=O) groups is 1. The molecule has 0 aliphatic heterocycles. The Bertz CT molecular complexity index is 1240. The number of nitrogens with one attached hydrogen (secondary N) is 1. The summed E-state index contributed by atoms with van der Waals surface area (Å²) in [6, 6.07) is 20.0. The zero-order valence-electron chi connectivity index (χ0n) is 18.4. The lowest BCUT2D eigenvalue weighted by molar-refractivity contribution is -0.118. The predicted molar refractivity (Wildman–Crippen MR) is 128 cm³/mol. The molecule has 4 rings (SSSR count). The largest absolute Gasteiger partial charge is 0.351 e. The molecular formula is C25H25N5OS. The van der Waals surface area contributed by atoms with Crippen LogP contribution in [-0.2, 0) is 11.3 Å². The highest BCUT2D eigenvalue weighted by atomic mass is 32.2. The van der Waals surface area contributed by atoms with Crippen LogP contribution in [0, 0.1) is 20.8 Å². The maximum atomic E-state index is 12.5. The highest BCUT2D eigenvalue weighted by molar-refractivity contribution is 7.99. The fraction of sp³-hybridized carbons (Fsp3) is 0.200. The van der Waals surface area contributed by atoms with Gasteiger partial charge in [-0.25, -0.2) is 0 Å². The third-order valence-corrected chi connectivity index (χ3v) is 6.12. The number of benzene rings is 2. The van der Waals surface area contributed by atoms with E-state index in [1.165, 1.54) is 17.3 Å². The standard InChI is InChI=1S/C25H25N5OS/c1-17-11-12-22(19(3)14-17)30-24(21-10-6-7-13-26-21)28-29-25(30)32-16-23(31)27-15-20-9-5-4-8-18(20)2/h4-14H,15-16H2,1-3H3,(H,27,31). The van der Waals surface area contributed by atoms with Gasteiger partial charge in [-0.3, -0.25) is 14.3 Å². The predicted octanol–water partition coefficient (Wildman–Crippen LogP) is 4.66. The molecular weight excluding hydrogens is 418 g/mol. The smallest absolute Gasteiger partial charge is 0.230 e. The minimum absolute atomic E-state index is 0.0483. The van der Waals surface area contributed by atoms with Gasteiger partial charge in [0.15, 0.2) is 11.0 Å². The number of hydrogen-bond acceptors (Lipinski definition) is 5. The minimum atomic E-state index is -0.0483. The van der Waals surface area contributed by atoms with Gasteiger partial charge in [0.1, 0.15) is 5.69 Å². The molecule has 2 aromatic carbocycles. The van der Waals surface area contributed by atoms with Gasteiger partial charge in [-0.05, 0) is 55.7 Å². The highest BCUT2D eigenvalue weighted by Crippen LogP contribution is 2.29. The van der Waals surface area contributed by atoms with Crippen molar-refractivity contribution in [3.8, 4) is 17.2 Å². The van der Waals surface area contributed by atoms with E-state index in [-0.39, 0.29) is 11.7 Å². The van der Waals surface area contributed by atoms with Crippen LogP contribution in [0.3, 0.4) is 0 Å². The monoisotopic (exact) mass is 443 g/mol. The van der Waals surface area contributed by atoms with Gasteiger partial charge in [0, 0.05) is 12.7 Å². The third kappa shape index (κ3) is 4.89. The number of aromatic nitrogens is 4. The Morgan fingerprint density at radius 3 is 2.53 bits per heavy atom. The first-order valence-electron chi connectivity index (χ1n) is 10.4. The summed E-state index contributed by atoms with van der Waals surface area (Å²) in [5, 5.41) is 12.5. The molecule has 0 radical (unpaired) electrons. The van der Waals surface area contributed by atoms with Gasteiger partial charge in [-0.2, -0.15) is 0 Å². The number of aryl methyl sites for hydroxylation is 3. The summed E-state index contributed by atoms with van der Waals surface area (Å²) in [6.45, 7) is 6.68. The summed E-state index contributed by atoms with van der Waals surface area (Å²) in [6.07, 6.45) is 1.74. The molecule has 2 heterocycles. The Morgan fingerprint density at radius 1 is 0.969 bits per heavy atom. The molecule has 0 atom stereocenters. The number of carbonyl (C=O) groups excluding carboxylic acids is 1. The molecule has 0 saturated carbocycles. The summed E-state index contributed by atoms with van der Waals surface area (Å²) in [5.41, 5.74) is 6.27. The molecule has 0 aliphatic carbocycles. The maximum absolute atomic E-state index is 12.5. The first-order valence-corrected chi connectivity index (χ1v) is 11.4. The fourth-order valence-corrected chi connectivity index (χ4v) is 4.26. The first-order chi connectivity index (χ1) is 15.5. The van der Waals surface area contributed by atoms with Crippen molar-refractivity contribution >= 4 is 17.7 Å². The van der Waals surface area contributed by atoms with Gasteiger partial charge in [0.05, 0.1) is 11.4 Å². The van der Waals surface area contributed by atoms with Crippen molar-refractivity contribution in [2.45, 2.75) is 32.5 Å². The topological polar surface area (TPSA) is 72.7 Å². The van der Waals surface area contributed by atoms with Gasteiger partial charge < -0.3 is 5.32 Å². The quantitative estimate of drug-likeness (QED) is 0.421. The molecule has 4 aromatic rings. The first kappa shape index (κ1) is 21.8. The number of pyridine rings is 1. The van der Waals surface area contributed by atoms with E-state index in [0.29, 0.717) is 17.5 Å². The number of rotatable bonds is 7. The zero-order chi connectivity index (χ0) is 22.5. The van der Waals surface area contributed by atoms with E-state index in [4.69, 9.17) is 0 Å². The number of nitrogens with zero attached hydrogens (tertiary/aromatic N) is 4. The van der Waals surface area contributed by atoms with Gasteiger partial charge in [-0.15, -0.1) is 10.2 Å². The SMILES string of the molecule is Cc1ccc(-n2c(SCC(=O)NCc3ccccc3C)nnc2-c2ccccn2)c(C)c1. The molecule has 6 nitrogen and oxygen atoms in total. The van der Waals surface area contributed by atoms with Crippen molar-refractivity contribution in [3.05, 3.63) is 89.1 Å². The molecule has 32 heavy (non-hydrogen) atoms. The van der Waals surface area contributed by atoms with Crippen LogP contribution in [0.25, 0.3) is 17.2 Å². The van der Waals surface area contributed by atoms with Crippen LogP contribution in [0.1, 0.15) is 22.3 Å². The lowest BCUT2D eigenvalue weighted by Gasteiger charge is -2.13. The second-order valence-corrected chi connectivity index (χ2v) is 8.58. The molecule has 1 amide bonds. The molecule has 7 heteroatoms. The van der Waals surface area contributed by atoms with Crippen LogP contribution in [0.4, 0.5) is 0 Å². The molecule has 0 fully saturated rings. The van der Waals surface area contributed by atoms with Gasteiger partial charge in [0.25, 0.3) is 0 Å². The highest BCUT2D eigenvalue weighted by Gasteiger charge is 2.19. The fourth-order valence-electron chi connectivity index (χ4n) is 3.48. The molecule has 1 N–H and O–H groups in total. The molecule has 2 aromatic heterocycles. The number of hydrogen-bond donors (Lipinski definition) is 1. The maximum Gasteiger partial charge on any atom is 0.230 e. The van der Waals surface area contributed by atoms with Gasteiger partial charge in [-0.1, -0.05) is 59.8 Å². The van der Waals surface area contributed by atoms with Crippen molar-refractivity contribution in [2.24, 2.45) is 0 Å². The third-order valence-electron chi connectivity index (χ3n) is 5.19. The minimum Gasteiger partial charge on any atom is -0.351 e. The van der Waals surface area contributed by atoms with E-state index in [9.17, 15) is 4.79 Å². The number of amides is 1. The summed E-state index contributed by atoms with van der Waals surface area (Å²) in [4.78, 5) is 17.0. The van der Waals surface area contributed by atoms with Crippen LogP contribution in [0.15, 0.2) is 72.0 Å². The second-order valence-electron chi connectivity index (χ2n) is 7.64. The van der Waals surface area contributed by atoms with E-state index >= 15 is 0 Å². The van der Waals surface area contributed by atoms with E-state index in [2.05, 4.69) is 52.5 Å². The van der Waals surface area contributed by atoms with E-state index < -0.39 is 0 Å². The lowest BCUT2D eigenvalue weighted by Crippen LogP contribution is -2.25. The van der Waals surface area contributed by atoms with E-state index in [1.54, 1.807) is 6.20 Å². The van der Waals surface area contributed by atoms with Gasteiger partial charge in [0.2, 0.25) is 5.91 Å². The van der Waals surface area contributed by atoms with Crippen molar-refractivity contribution in [2.75, 3.05) is 5.75 Å². The lowest BCUT2D eigenvalue weighted by atomic mass is 10.1. The van der Waals surface area contributed by atoms with Crippen LogP contribution >= 0.6 is 11.8 Å². The summed E-state index contributed by atoms with van der Waals surface area (Å²) < 4.78 is 1.98. The number of thioether (sulfide) groups is 1. The van der Waals surface area contributed by atoms with E-state index in [0.717, 1.165) is 28.1 Å². The summed E-state index contributed by atoms with van der Waals surface area (Å²) >= 11 is 1.37. The normalized spacial score (nSPS) is 10.8. The van der Waals surface area contributed by atoms with Crippen LogP contribution < -0.4 is 5.32 Å². The molecule has 0 saturated heterocycles. The Hall–Kier alpha value is -3.45. The molecule has 162 valence electrons. The van der Waals surface area contributed by atoms with Crippen molar-refractivity contribution < 1.29 is 4.79 Å². The molecule has 0 unspecified atom stereocenters. The zero-order valence-corrected chi connectivity index (χ0v) is 19.2. The molecule has 0 aliphatic rings. The van der Waals surface area contributed by atoms with Gasteiger partial charge >= 0.3 is 0 Å². The van der Waals surface area contributed by atoms with Crippen LogP contribution in [-0.4, -0.2) is 31.4 Å². The van der Waals surface area contributed by atoms with Crippen LogP contribution in [0.2, 0.25) is 0 Å². The molecule has 0 spiro atoms. The van der Waals surface area contributed by atoms with Crippen molar-refractivity contribution in [1.29, 1.82) is 0 Å². The van der Waals surface area contributed by atoms with Crippen molar-refractivity contribution in [1.82, 2.24) is 25.1 Å². The van der Waals surface area contributed by atoms with Crippen LogP contribution in [0.5, 0.6) is 0 Å².